The molecule has 0 aliphatic rings. The van der Waals surface area contributed by atoms with Gasteiger partial charge in [-0.25, -0.2) is 0 Å². The first-order valence-corrected chi connectivity index (χ1v) is 2.82. The smallest absolute Gasteiger partial charge is 0.0640 e. The molecule has 0 aliphatic heterocycles. The first-order valence-electron chi connectivity index (χ1n) is 2.28. The Bertz CT molecular complexity index is 98.6. The van der Waals surface area contributed by atoms with Crippen molar-refractivity contribution in [3.63, 3.8) is 0 Å². The van der Waals surface area contributed by atoms with E-state index in [1.807, 2.05) is 0 Å². The summed E-state index contributed by atoms with van der Waals surface area (Å²) in [5.41, 5.74) is 0.418. The molecule has 0 aromatic carbocycles. The molecule has 2 N–H and O–H groups in total. The molecule has 46 valence electrons. The van der Waals surface area contributed by atoms with Crippen LogP contribution in [0.4, 0.5) is 0 Å². The van der Waals surface area contributed by atoms with Gasteiger partial charge in [0, 0.05) is 12.8 Å². The number of alkyl halides is 1. The second-order valence-electron chi connectivity index (χ2n) is 1.28. The van der Waals surface area contributed by atoms with Crippen molar-refractivity contribution < 1.29 is 0 Å². The molecule has 3 heteroatoms. The highest BCUT2D eigenvalue weighted by Crippen LogP contribution is 1.79. The lowest BCUT2D eigenvalue weighted by atomic mass is 10.4. The summed E-state index contributed by atoms with van der Waals surface area (Å²) in [6, 6.07) is 0. The summed E-state index contributed by atoms with van der Waals surface area (Å²) in [5.74, 6) is 0.276. The van der Waals surface area contributed by atoms with Crippen LogP contribution in [-0.2, 0) is 0 Å². The second-order valence-corrected chi connectivity index (χ2v) is 1.55. The van der Waals surface area contributed by atoms with Gasteiger partial charge in [-0.3, -0.25) is 0 Å². The van der Waals surface area contributed by atoms with Crippen molar-refractivity contribution in [2.45, 2.75) is 0 Å². The van der Waals surface area contributed by atoms with Crippen molar-refractivity contribution in [1.29, 1.82) is 5.41 Å². The molecule has 0 atom stereocenters. The van der Waals surface area contributed by atoms with E-state index in [-0.39, 0.29) is 5.88 Å². The van der Waals surface area contributed by atoms with E-state index >= 15 is 0 Å². The Labute approximate surface area is 54.0 Å². The molecule has 0 aliphatic carbocycles. The Kier molecular flexibility index (Phi) is 4.36. The summed E-state index contributed by atoms with van der Waals surface area (Å²) in [5, 5.41) is 9.73. The van der Waals surface area contributed by atoms with Crippen LogP contribution in [0, 0.1) is 5.41 Å². The van der Waals surface area contributed by atoms with Crippen molar-refractivity contribution >= 4 is 17.3 Å². The molecule has 0 aromatic rings. The Morgan fingerprint density at radius 2 is 2.50 bits per heavy atom. The van der Waals surface area contributed by atoms with E-state index in [4.69, 9.17) is 17.0 Å². The summed E-state index contributed by atoms with van der Waals surface area (Å²) in [7, 11) is 1.78. The van der Waals surface area contributed by atoms with Crippen molar-refractivity contribution in [2.75, 3.05) is 12.9 Å². The maximum Gasteiger partial charge on any atom is 0.0640 e. The monoisotopic (exact) mass is 132 g/mol. The minimum absolute atomic E-state index is 0.276. The Balaban J connectivity index is 3.37. The third-order valence-corrected chi connectivity index (χ3v) is 0.883. The summed E-state index contributed by atoms with van der Waals surface area (Å²) in [6.45, 7) is 0. The maximum absolute atomic E-state index is 6.98. The number of nitrogens with one attached hydrogen (secondary N) is 2. The van der Waals surface area contributed by atoms with Gasteiger partial charge in [0.15, 0.2) is 0 Å². The Hall–Kier alpha value is -0.500. The Morgan fingerprint density at radius 1 is 1.88 bits per heavy atom. The van der Waals surface area contributed by atoms with Crippen LogP contribution in [0.15, 0.2) is 12.3 Å². The first-order chi connectivity index (χ1) is 3.81. The predicted octanol–water partition coefficient (Wildman–Crippen LogP) is 0.978. The van der Waals surface area contributed by atoms with E-state index in [9.17, 15) is 0 Å². The third-order valence-electron chi connectivity index (χ3n) is 0.595. The largest absolute Gasteiger partial charge is 0.394 e. The van der Waals surface area contributed by atoms with Crippen LogP contribution in [0.3, 0.4) is 0 Å². The van der Waals surface area contributed by atoms with Crippen LogP contribution in [0.25, 0.3) is 0 Å². The number of allylic oxidation sites excluding steroid dienone is 1. The van der Waals surface area contributed by atoms with Crippen LogP contribution in [0.2, 0.25) is 0 Å². The van der Waals surface area contributed by atoms with Crippen LogP contribution in [0.5, 0.6) is 0 Å². The van der Waals surface area contributed by atoms with Crippen LogP contribution < -0.4 is 5.32 Å². The highest BCUT2D eigenvalue weighted by molar-refractivity contribution is 6.29. The van der Waals surface area contributed by atoms with E-state index in [1.54, 1.807) is 19.3 Å². The topological polar surface area (TPSA) is 35.9 Å². The minimum Gasteiger partial charge on any atom is -0.394 e. The van der Waals surface area contributed by atoms with Crippen molar-refractivity contribution in [3.05, 3.63) is 12.3 Å². The fraction of sp³-hybridized carbons (Fsp3) is 0.400. The minimum atomic E-state index is 0.276. The van der Waals surface area contributed by atoms with Crippen molar-refractivity contribution in [3.8, 4) is 0 Å². The Morgan fingerprint density at radius 3 is 2.88 bits per heavy atom. The van der Waals surface area contributed by atoms with Gasteiger partial charge in [-0.1, -0.05) is 0 Å². The highest BCUT2D eigenvalue weighted by Gasteiger charge is 1.81. The molecule has 0 heterocycles. The molecular weight excluding hydrogens is 124 g/mol. The first kappa shape index (κ1) is 7.50. The number of halogens is 1. The average Bonchev–Trinajstić information content (AvgIpc) is 1.83. The van der Waals surface area contributed by atoms with Crippen LogP contribution in [0.1, 0.15) is 0 Å². The highest BCUT2D eigenvalue weighted by atomic mass is 35.5. The SMILES string of the molecule is CN/C=C\C(=N)CCl. The lowest BCUT2D eigenvalue weighted by molar-refractivity contribution is 1.10. The molecular formula is C5H9ClN2. The van der Waals surface area contributed by atoms with Gasteiger partial charge < -0.3 is 10.7 Å². The van der Waals surface area contributed by atoms with Gasteiger partial charge in [0.1, 0.15) is 0 Å². The normalized spacial score (nSPS) is 9.75. The second kappa shape index (κ2) is 4.65. The molecule has 0 rings (SSSR count). The molecule has 0 amide bonds. The number of hydrogen-bond donors (Lipinski definition) is 2. The number of hydrogen-bond acceptors (Lipinski definition) is 2. The van der Waals surface area contributed by atoms with Gasteiger partial charge >= 0.3 is 0 Å². The van der Waals surface area contributed by atoms with Gasteiger partial charge in [-0.15, -0.1) is 11.6 Å². The van der Waals surface area contributed by atoms with Crippen molar-refractivity contribution in [2.24, 2.45) is 0 Å². The fourth-order valence-corrected chi connectivity index (χ4v) is 0.318. The van der Waals surface area contributed by atoms with Gasteiger partial charge in [-0.05, 0) is 12.3 Å². The van der Waals surface area contributed by atoms with Crippen LogP contribution >= 0.6 is 11.6 Å². The maximum atomic E-state index is 6.98. The van der Waals surface area contributed by atoms with Gasteiger partial charge in [0.05, 0.1) is 5.88 Å². The molecule has 0 aromatic heterocycles. The third kappa shape index (κ3) is 3.68. The molecule has 0 saturated carbocycles. The molecule has 0 spiro atoms. The van der Waals surface area contributed by atoms with Gasteiger partial charge in [-0.2, -0.15) is 0 Å². The number of rotatable bonds is 3. The summed E-state index contributed by atoms with van der Waals surface area (Å²) >= 11 is 5.28. The van der Waals surface area contributed by atoms with Gasteiger partial charge in [0.2, 0.25) is 0 Å². The zero-order valence-corrected chi connectivity index (χ0v) is 5.50. The average molecular weight is 133 g/mol. The zero-order chi connectivity index (χ0) is 6.41. The zero-order valence-electron chi connectivity index (χ0n) is 4.74. The van der Waals surface area contributed by atoms with E-state index < -0.39 is 0 Å². The summed E-state index contributed by atoms with van der Waals surface area (Å²) < 4.78 is 0. The lowest BCUT2D eigenvalue weighted by Gasteiger charge is -1.86. The van der Waals surface area contributed by atoms with Crippen molar-refractivity contribution in [1.82, 2.24) is 5.32 Å². The molecule has 0 saturated heterocycles. The molecule has 0 radical (unpaired) electrons. The predicted molar refractivity (Wildman–Crippen MR) is 36.6 cm³/mol. The molecule has 0 bridgehead atoms. The summed E-state index contributed by atoms with van der Waals surface area (Å²) in [4.78, 5) is 0. The van der Waals surface area contributed by atoms with E-state index in [2.05, 4.69) is 5.32 Å². The van der Waals surface area contributed by atoms with E-state index in [0.717, 1.165) is 0 Å². The molecule has 0 unspecified atom stereocenters. The lowest BCUT2D eigenvalue weighted by Crippen LogP contribution is -1.97. The van der Waals surface area contributed by atoms with Crippen LogP contribution in [-0.4, -0.2) is 18.6 Å². The summed E-state index contributed by atoms with van der Waals surface area (Å²) in [6.07, 6.45) is 3.29. The molecule has 2 nitrogen and oxygen atoms in total. The molecule has 0 fully saturated rings. The quantitative estimate of drug-likeness (QED) is 0.436. The molecule has 8 heavy (non-hydrogen) atoms. The van der Waals surface area contributed by atoms with E-state index in [1.165, 1.54) is 0 Å². The van der Waals surface area contributed by atoms with Gasteiger partial charge in [0.25, 0.3) is 0 Å². The fourth-order valence-electron chi connectivity index (χ4n) is 0.228. The standard InChI is InChI=1S/C5H9ClN2/c1-8-3-2-5(7)4-6/h2-3,7-8H,4H2,1H3/b3-2-,7-5?. The van der Waals surface area contributed by atoms with E-state index in [0.29, 0.717) is 5.71 Å².